The van der Waals surface area contributed by atoms with E-state index in [0.717, 1.165) is 22.3 Å². The number of aromatic nitrogens is 1. The third-order valence-electron chi connectivity index (χ3n) is 6.88. The molecule has 1 atom stereocenters. The van der Waals surface area contributed by atoms with Crippen molar-refractivity contribution in [2.45, 2.75) is 44.9 Å². The maximum Gasteiger partial charge on any atom is 0.419 e. The number of carboxylic acid groups (broad SMARTS) is 1. The Morgan fingerprint density at radius 2 is 1.49 bits per heavy atom. The van der Waals surface area contributed by atoms with Crippen LogP contribution in [0, 0.1) is 0 Å². The minimum atomic E-state index is -1.29. The maximum atomic E-state index is 13.3. The molecule has 1 amide bonds. The topological polar surface area (TPSA) is 98.1 Å². The summed E-state index contributed by atoms with van der Waals surface area (Å²) in [6.07, 6.45) is 0.220. The van der Waals surface area contributed by atoms with Crippen molar-refractivity contribution in [2.24, 2.45) is 0 Å². The Morgan fingerprint density at radius 1 is 0.923 bits per heavy atom. The highest BCUT2D eigenvalue weighted by Gasteiger charge is 2.42. The molecule has 4 aromatic rings. The Labute approximate surface area is 226 Å². The van der Waals surface area contributed by atoms with Gasteiger partial charge in [-0.05, 0) is 54.7 Å². The fourth-order valence-electron chi connectivity index (χ4n) is 5.33. The molecule has 1 heterocycles. The van der Waals surface area contributed by atoms with Gasteiger partial charge in [-0.1, -0.05) is 66.7 Å². The van der Waals surface area contributed by atoms with Crippen molar-refractivity contribution < 1.29 is 29.0 Å². The number of hydrogen-bond acceptors (Lipinski definition) is 5. The summed E-state index contributed by atoms with van der Waals surface area (Å²) in [5.41, 5.74) is 4.01. The van der Waals surface area contributed by atoms with Gasteiger partial charge in [-0.25, -0.2) is 14.4 Å². The van der Waals surface area contributed by atoms with Gasteiger partial charge in [0.15, 0.2) is 0 Å². The number of para-hydroxylation sites is 1. The number of amides is 1. The number of carbonyl (C=O) groups is 3. The Bertz CT molecular complexity index is 1540. The number of rotatable bonds is 5. The molecular weight excluding hydrogens is 496 g/mol. The van der Waals surface area contributed by atoms with Crippen LogP contribution in [0.4, 0.5) is 9.59 Å². The Morgan fingerprint density at radius 3 is 2.05 bits per heavy atom. The zero-order valence-corrected chi connectivity index (χ0v) is 22.3. The van der Waals surface area contributed by atoms with E-state index in [4.69, 9.17) is 9.47 Å². The largest absolute Gasteiger partial charge is 0.480 e. The van der Waals surface area contributed by atoms with Crippen molar-refractivity contribution in [1.82, 2.24) is 9.47 Å². The van der Waals surface area contributed by atoms with Crippen LogP contribution in [0.25, 0.3) is 22.0 Å². The first-order chi connectivity index (χ1) is 18.6. The molecular formula is C31H30N2O6. The number of carboxylic acids is 1. The van der Waals surface area contributed by atoms with E-state index in [-0.39, 0.29) is 6.42 Å². The van der Waals surface area contributed by atoms with E-state index in [1.807, 2.05) is 60.7 Å². The minimum Gasteiger partial charge on any atom is -0.480 e. The molecule has 0 fully saturated rings. The van der Waals surface area contributed by atoms with Gasteiger partial charge in [-0.15, -0.1) is 0 Å². The van der Waals surface area contributed by atoms with Crippen LogP contribution in [-0.4, -0.2) is 51.5 Å². The number of ether oxygens (including phenoxy) is 2. The molecule has 0 bridgehead atoms. The standard InChI is InChI=1S/C31H30N2O6/c1-31(2,3)39-29(36)32-18-19(20-11-9-10-16-25(20)32)17-26(28(34)35)33(30(37)38-4)27-23-14-7-5-12-21(23)22-13-6-8-15-24(22)27/h5-16,18,26-27H,17H2,1-4H3,(H,34,35)/t26-/m0/s1. The molecule has 1 aliphatic carbocycles. The van der Waals surface area contributed by atoms with Gasteiger partial charge in [0.25, 0.3) is 0 Å². The summed E-state index contributed by atoms with van der Waals surface area (Å²) in [6, 6.07) is 20.6. The Kier molecular flexibility index (Phi) is 6.64. The lowest BCUT2D eigenvalue weighted by molar-refractivity contribution is -0.143. The molecule has 5 rings (SSSR count). The summed E-state index contributed by atoms with van der Waals surface area (Å²) in [5, 5.41) is 11.2. The van der Waals surface area contributed by atoms with Crippen LogP contribution in [0.1, 0.15) is 43.5 Å². The van der Waals surface area contributed by atoms with Gasteiger partial charge >= 0.3 is 18.2 Å². The van der Waals surface area contributed by atoms with Crippen LogP contribution < -0.4 is 0 Å². The van der Waals surface area contributed by atoms with E-state index in [1.165, 1.54) is 16.6 Å². The summed E-state index contributed by atoms with van der Waals surface area (Å²) in [6.45, 7) is 5.34. The van der Waals surface area contributed by atoms with Crippen LogP contribution in [0.2, 0.25) is 0 Å². The zero-order chi connectivity index (χ0) is 27.9. The summed E-state index contributed by atoms with van der Waals surface area (Å²) >= 11 is 0. The normalized spacial score (nSPS) is 13.4. The van der Waals surface area contributed by atoms with Crippen LogP contribution in [0.3, 0.4) is 0 Å². The highest BCUT2D eigenvalue weighted by atomic mass is 16.6. The molecule has 1 N–H and O–H groups in total. The van der Waals surface area contributed by atoms with Crippen molar-refractivity contribution >= 4 is 29.1 Å². The average Bonchev–Trinajstić information content (AvgIpc) is 3.44. The number of benzene rings is 3. The number of nitrogens with zero attached hydrogens (tertiary/aromatic N) is 2. The second-order valence-corrected chi connectivity index (χ2v) is 10.5. The molecule has 0 saturated carbocycles. The van der Waals surface area contributed by atoms with Gasteiger partial charge in [-0.3, -0.25) is 9.47 Å². The van der Waals surface area contributed by atoms with Crippen molar-refractivity contribution in [3.63, 3.8) is 0 Å². The van der Waals surface area contributed by atoms with Gasteiger partial charge in [0.2, 0.25) is 0 Å². The highest BCUT2D eigenvalue weighted by Crippen LogP contribution is 2.47. The van der Waals surface area contributed by atoms with E-state index in [1.54, 1.807) is 39.1 Å². The lowest BCUT2D eigenvalue weighted by atomic mass is 9.98. The van der Waals surface area contributed by atoms with E-state index < -0.39 is 35.8 Å². The molecule has 200 valence electrons. The third-order valence-corrected chi connectivity index (χ3v) is 6.88. The van der Waals surface area contributed by atoms with Gasteiger partial charge in [-0.2, -0.15) is 0 Å². The van der Waals surface area contributed by atoms with Crippen molar-refractivity contribution in [1.29, 1.82) is 0 Å². The zero-order valence-electron chi connectivity index (χ0n) is 22.3. The Balaban J connectivity index is 1.62. The van der Waals surface area contributed by atoms with E-state index in [0.29, 0.717) is 16.5 Å². The number of carbonyl (C=O) groups excluding carboxylic acids is 2. The van der Waals surface area contributed by atoms with Crippen molar-refractivity contribution in [3.05, 3.63) is 95.7 Å². The molecule has 8 heteroatoms. The molecule has 8 nitrogen and oxygen atoms in total. The van der Waals surface area contributed by atoms with Crippen LogP contribution >= 0.6 is 0 Å². The van der Waals surface area contributed by atoms with Gasteiger partial charge in [0.1, 0.15) is 11.6 Å². The first-order valence-electron chi connectivity index (χ1n) is 12.7. The summed E-state index contributed by atoms with van der Waals surface area (Å²) in [7, 11) is 1.25. The van der Waals surface area contributed by atoms with Gasteiger partial charge in [0.05, 0.1) is 18.7 Å². The molecule has 1 aliphatic rings. The summed E-state index contributed by atoms with van der Waals surface area (Å²) in [4.78, 5) is 40.5. The fraction of sp³-hybridized carbons (Fsp3) is 0.258. The molecule has 39 heavy (non-hydrogen) atoms. The average molecular weight is 527 g/mol. The van der Waals surface area contributed by atoms with Gasteiger partial charge < -0.3 is 14.6 Å². The van der Waals surface area contributed by atoms with Gasteiger partial charge in [0, 0.05) is 18.0 Å². The van der Waals surface area contributed by atoms with Crippen molar-refractivity contribution in [3.8, 4) is 11.1 Å². The quantitative estimate of drug-likeness (QED) is 0.330. The Hall–Kier alpha value is -4.59. The second-order valence-electron chi connectivity index (χ2n) is 10.5. The maximum absolute atomic E-state index is 13.3. The van der Waals surface area contributed by atoms with E-state index in [2.05, 4.69) is 0 Å². The lowest BCUT2D eigenvalue weighted by Gasteiger charge is -2.34. The predicted molar refractivity (Wildman–Crippen MR) is 147 cm³/mol. The first kappa shape index (κ1) is 26.0. The smallest absolute Gasteiger partial charge is 0.419 e. The third kappa shape index (κ3) is 4.74. The number of aliphatic carboxylic acids is 1. The van der Waals surface area contributed by atoms with E-state index >= 15 is 0 Å². The molecule has 0 aliphatic heterocycles. The second kappa shape index (κ2) is 9.94. The molecule has 0 unspecified atom stereocenters. The number of methoxy groups -OCH3 is 1. The summed E-state index contributed by atoms with van der Waals surface area (Å²) < 4.78 is 12.1. The summed E-state index contributed by atoms with van der Waals surface area (Å²) in [5.74, 6) is -1.18. The lowest BCUT2D eigenvalue weighted by Crippen LogP contribution is -2.48. The van der Waals surface area contributed by atoms with Crippen LogP contribution in [-0.2, 0) is 20.7 Å². The molecule has 0 spiro atoms. The highest BCUT2D eigenvalue weighted by molar-refractivity contribution is 5.93. The van der Waals surface area contributed by atoms with E-state index in [9.17, 15) is 19.5 Å². The predicted octanol–water partition coefficient (Wildman–Crippen LogP) is 6.26. The SMILES string of the molecule is COC(=O)N(C1c2ccccc2-c2ccccc21)[C@@H](Cc1cn(C(=O)OC(C)(C)C)c2ccccc12)C(=O)O. The van der Waals surface area contributed by atoms with Crippen LogP contribution in [0.15, 0.2) is 79.0 Å². The number of hydrogen-bond donors (Lipinski definition) is 1. The molecule has 0 radical (unpaired) electrons. The first-order valence-corrected chi connectivity index (χ1v) is 12.7. The number of fused-ring (bicyclic) bond motifs is 4. The monoisotopic (exact) mass is 526 g/mol. The molecule has 1 aromatic heterocycles. The van der Waals surface area contributed by atoms with Crippen molar-refractivity contribution in [2.75, 3.05) is 7.11 Å². The fourth-order valence-corrected chi connectivity index (χ4v) is 5.33. The molecule has 0 saturated heterocycles. The van der Waals surface area contributed by atoms with Crippen LogP contribution in [0.5, 0.6) is 0 Å². The molecule has 3 aromatic carbocycles. The minimum absolute atomic E-state index is 0.0540.